The molecule has 1 unspecified atom stereocenters. The van der Waals surface area contributed by atoms with E-state index in [9.17, 15) is 14.1 Å². The van der Waals surface area contributed by atoms with Gasteiger partial charge in [-0.25, -0.2) is 0 Å². The average Bonchev–Trinajstić information content (AvgIpc) is 2.68. The smallest absolute Gasteiger partial charge is 0.357 e. The molecule has 3 aromatic rings. The Bertz CT molecular complexity index is 1120. The van der Waals surface area contributed by atoms with Crippen molar-refractivity contribution in [3.8, 4) is 40.1 Å². The molecule has 0 radical (unpaired) electrons. The van der Waals surface area contributed by atoms with Crippen LogP contribution in [0.15, 0.2) is 39.5 Å². The Morgan fingerprint density at radius 2 is 1.71 bits per heavy atom. The predicted molar refractivity (Wildman–Crippen MR) is 101 cm³/mol. The minimum atomic E-state index is -2.80. The lowest BCUT2D eigenvalue weighted by molar-refractivity contribution is 0.355. The summed E-state index contributed by atoms with van der Waals surface area (Å²) in [5.41, 5.74) is -0.504. The van der Waals surface area contributed by atoms with Crippen molar-refractivity contribution in [1.82, 2.24) is 0 Å². The molecule has 2 aromatic carbocycles. The molecule has 1 atom stereocenters. The highest BCUT2D eigenvalue weighted by Gasteiger charge is 2.23. The summed E-state index contributed by atoms with van der Waals surface area (Å²) in [6.45, 7) is 0. The highest BCUT2D eigenvalue weighted by atomic mass is 32.2. The molecular weight excluding hydrogens is 392 g/mol. The van der Waals surface area contributed by atoms with E-state index in [2.05, 4.69) is 0 Å². The van der Waals surface area contributed by atoms with Gasteiger partial charge in [0.1, 0.15) is 22.5 Å². The molecule has 0 aliphatic rings. The zero-order valence-electron chi connectivity index (χ0n) is 15.0. The summed E-state index contributed by atoms with van der Waals surface area (Å²) in [5.74, 6) is -0.0647. The van der Waals surface area contributed by atoms with Crippen LogP contribution in [0.3, 0.4) is 0 Å². The second-order valence-electron chi connectivity index (χ2n) is 5.48. The van der Waals surface area contributed by atoms with E-state index in [1.807, 2.05) is 0 Å². The third-order valence-electron chi connectivity index (χ3n) is 3.94. The molecule has 1 heterocycles. The Morgan fingerprint density at radius 1 is 1.00 bits per heavy atom. The number of ether oxygens (including phenoxy) is 3. The maximum atomic E-state index is 12.9. The molecule has 0 bridgehead atoms. The van der Waals surface area contributed by atoms with Crippen LogP contribution >= 0.6 is 0 Å². The minimum Gasteiger partial charge on any atom is -0.507 e. The first-order valence-corrected chi connectivity index (χ1v) is 8.82. The van der Waals surface area contributed by atoms with E-state index in [1.54, 1.807) is 12.1 Å². The van der Waals surface area contributed by atoms with Crippen LogP contribution in [0, 0.1) is 0 Å². The third kappa shape index (κ3) is 3.47. The molecule has 0 saturated carbocycles. The van der Waals surface area contributed by atoms with Crippen LogP contribution in [-0.2, 0) is 11.4 Å². The van der Waals surface area contributed by atoms with Crippen LogP contribution in [-0.4, -0.2) is 35.2 Å². The van der Waals surface area contributed by atoms with Gasteiger partial charge in [-0.15, -0.1) is 0 Å². The molecule has 0 fully saturated rings. The Balaban J connectivity index is 2.37. The number of phenolic OH excluding ortho intramolecular Hbond substituents is 1. The Labute approximate surface area is 161 Å². The van der Waals surface area contributed by atoms with Crippen LogP contribution in [0.5, 0.6) is 28.7 Å². The Morgan fingerprint density at radius 3 is 2.32 bits per heavy atom. The van der Waals surface area contributed by atoms with Crippen molar-refractivity contribution < 1.29 is 36.7 Å². The van der Waals surface area contributed by atoms with Crippen LogP contribution in [0.1, 0.15) is 0 Å². The van der Waals surface area contributed by atoms with Crippen molar-refractivity contribution in [3.63, 3.8) is 0 Å². The van der Waals surface area contributed by atoms with Gasteiger partial charge in [0, 0.05) is 17.7 Å². The summed E-state index contributed by atoms with van der Waals surface area (Å²) in [4.78, 5) is 12.9. The van der Waals surface area contributed by atoms with E-state index >= 15 is 0 Å². The van der Waals surface area contributed by atoms with Crippen molar-refractivity contribution in [1.29, 1.82) is 0 Å². The fourth-order valence-corrected chi connectivity index (χ4v) is 2.98. The molecule has 0 spiro atoms. The molecule has 148 valence electrons. The SMILES string of the molecule is COc1cc(O)c2c(=O)c(OS(=O)O)c(-c3ccc(OC)c(OC)c3)oc2c1. The van der Waals surface area contributed by atoms with Crippen LogP contribution in [0.2, 0.25) is 0 Å². The number of phenols is 1. The molecule has 0 aliphatic heterocycles. The van der Waals surface area contributed by atoms with Crippen LogP contribution in [0.25, 0.3) is 22.3 Å². The van der Waals surface area contributed by atoms with Crippen molar-refractivity contribution in [2.24, 2.45) is 0 Å². The maximum Gasteiger partial charge on any atom is 0.357 e. The van der Waals surface area contributed by atoms with E-state index in [0.717, 1.165) is 0 Å². The summed E-state index contributed by atoms with van der Waals surface area (Å²) in [5, 5.41) is 9.95. The normalized spacial score (nSPS) is 11.9. The number of rotatable bonds is 6. The van der Waals surface area contributed by atoms with Crippen molar-refractivity contribution in [2.45, 2.75) is 0 Å². The first kappa shape index (κ1) is 19.5. The van der Waals surface area contributed by atoms with E-state index in [-0.39, 0.29) is 22.5 Å². The average molecular weight is 408 g/mol. The summed E-state index contributed by atoms with van der Waals surface area (Å²) in [6, 6.07) is 7.26. The summed E-state index contributed by atoms with van der Waals surface area (Å²) < 4.78 is 46.4. The van der Waals surface area contributed by atoms with Crippen LogP contribution in [0.4, 0.5) is 0 Å². The molecule has 10 heteroatoms. The Hall–Kier alpha value is -3.24. The lowest BCUT2D eigenvalue weighted by Crippen LogP contribution is -2.12. The van der Waals surface area contributed by atoms with Crippen LogP contribution < -0.4 is 23.8 Å². The quantitative estimate of drug-likeness (QED) is 0.592. The summed E-state index contributed by atoms with van der Waals surface area (Å²) in [6.07, 6.45) is 0. The second kappa shape index (κ2) is 7.79. The van der Waals surface area contributed by atoms with Gasteiger partial charge in [0.05, 0.1) is 21.3 Å². The fraction of sp³-hybridized carbons (Fsp3) is 0.167. The molecule has 2 N–H and O–H groups in total. The highest BCUT2D eigenvalue weighted by molar-refractivity contribution is 7.74. The van der Waals surface area contributed by atoms with Gasteiger partial charge >= 0.3 is 11.4 Å². The molecule has 9 nitrogen and oxygen atoms in total. The summed E-state index contributed by atoms with van der Waals surface area (Å²) >= 11 is -2.80. The molecule has 1 aromatic heterocycles. The van der Waals surface area contributed by atoms with Gasteiger partial charge in [0.2, 0.25) is 11.2 Å². The zero-order chi connectivity index (χ0) is 20.4. The van der Waals surface area contributed by atoms with Crippen molar-refractivity contribution >= 4 is 22.3 Å². The maximum absolute atomic E-state index is 12.9. The van der Waals surface area contributed by atoms with Crippen molar-refractivity contribution in [2.75, 3.05) is 21.3 Å². The molecule has 0 amide bonds. The van der Waals surface area contributed by atoms with Gasteiger partial charge in [0.25, 0.3) is 0 Å². The highest BCUT2D eigenvalue weighted by Crippen LogP contribution is 2.39. The predicted octanol–water partition coefficient (Wildman–Crippen LogP) is 2.71. The van der Waals surface area contributed by atoms with Crippen molar-refractivity contribution in [3.05, 3.63) is 40.6 Å². The van der Waals surface area contributed by atoms with E-state index < -0.39 is 28.3 Å². The van der Waals surface area contributed by atoms with E-state index in [0.29, 0.717) is 17.1 Å². The summed E-state index contributed by atoms with van der Waals surface area (Å²) in [7, 11) is 4.29. The lowest BCUT2D eigenvalue weighted by Gasteiger charge is -2.13. The molecule has 0 saturated heterocycles. The largest absolute Gasteiger partial charge is 0.507 e. The van der Waals surface area contributed by atoms with E-state index in [4.69, 9.17) is 27.4 Å². The number of hydrogen-bond donors (Lipinski definition) is 2. The standard InChI is InChI=1S/C18H16O9S/c1-23-10-7-11(19)15-14(8-10)26-17(18(16(15)20)27-28(21)22)9-4-5-12(24-2)13(6-9)25-3/h4-8,19H,1-3H3,(H,21,22). The van der Waals surface area contributed by atoms with Gasteiger partial charge in [-0.3, -0.25) is 9.35 Å². The topological polar surface area (TPSA) is 125 Å². The Kier molecular flexibility index (Phi) is 5.43. The fourth-order valence-electron chi connectivity index (χ4n) is 2.69. The van der Waals surface area contributed by atoms with Gasteiger partial charge in [-0.2, -0.15) is 4.21 Å². The first-order chi connectivity index (χ1) is 13.4. The molecule has 0 aliphatic carbocycles. The number of benzene rings is 2. The molecular formula is C18H16O9S. The van der Waals surface area contributed by atoms with Gasteiger partial charge < -0.3 is 27.9 Å². The van der Waals surface area contributed by atoms with Gasteiger partial charge in [-0.1, -0.05) is 0 Å². The number of methoxy groups -OCH3 is 3. The van der Waals surface area contributed by atoms with Gasteiger partial charge in [0.15, 0.2) is 17.3 Å². The second-order valence-corrected chi connectivity index (χ2v) is 6.08. The first-order valence-electron chi connectivity index (χ1n) is 7.79. The van der Waals surface area contributed by atoms with E-state index in [1.165, 1.54) is 39.5 Å². The number of fused-ring (bicyclic) bond motifs is 1. The number of hydrogen-bond acceptors (Lipinski definition) is 8. The zero-order valence-corrected chi connectivity index (χ0v) is 15.9. The molecule has 3 rings (SSSR count). The molecule has 28 heavy (non-hydrogen) atoms. The minimum absolute atomic E-state index is 0.00251. The number of aromatic hydroxyl groups is 1. The lowest BCUT2D eigenvalue weighted by atomic mass is 10.1. The monoisotopic (exact) mass is 408 g/mol. The van der Waals surface area contributed by atoms with Gasteiger partial charge in [-0.05, 0) is 18.2 Å². The third-order valence-corrected chi connectivity index (χ3v) is 4.25.